The van der Waals surface area contributed by atoms with Crippen LogP contribution in [0.5, 0.6) is 0 Å². The van der Waals surface area contributed by atoms with Crippen LogP contribution in [0.3, 0.4) is 0 Å². The molecule has 0 radical (unpaired) electrons. The van der Waals surface area contributed by atoms with E-state index in [1.54, 1.807) is 0 Å². The molecule has 1 fully saturated rings. The molecule has 0 bridgehead atoms. The summed E-state index contributed by atoms with van der Waals surface area (Å²) in [5.41, 5.74) is 0.825. The zero-order valence-electron chi connectivity index (χ0n) is 11.1. The quantitative estimate of drug-likeness (QED) is 0.794. The second-order valence-electron chi connectivity index (χ2n) is 4.56. The van der Waals surface area contributed by atoms with Gasteiger partial charge < -0.3 is 9.47 Å². The monoisotopic (exact) mass is 281 g/mol. The van der Waals surface area contributed by atoms with Crippen LogP contribution < -0.4 is 0 Å². The number of carbonyl (C=O) groups excluding carboxylic acids is 2. The molecule has 6 heteroatoms. The number of methoxy groups -OCH3 is 1. The molecule has 2 atom stereocenters. The van der Waals surface area contributed by atoms with Gasteiger partial charge in [-0.15, -0.1) is 0 Å². The lowest BCUT2D eigenvalue weighted by atomic mass is 10.2. The van der Waals surface area contributed by atoms with Crippen molar-refractivity contribution in [3.05, 3.63) is 35.9 Å². The van der Waals surface area contributed by atoms with E-state index in [0.29, 0.717) is 0 Å². The highest BCUT2D eigenvalue weighted by molar-refractivity contribution is 5.82. The summed E-state index contributed by atoms with van der Waals surface area (Å²) in [5, 5.41) is 0. The minimum absolute atomic E-state index is 0.0485. The molecule has 1 saturated heterocycles. The van der Waals surface area contributed by atoms with Gasteiger partial charge in [0.1, 0.15) is 18.8 Å². The number of benzene rings is 1. The van der Waals surface area contributed by atoms with Gasteiger partial charge in [0, 0.05) is 6.42 Å². The molecule has 0 spiro atoms. The molecule has 5 nitrogen and oxygen atoms in total. The van der Waals surface area contributed by atoms with Crippen LogP contribution in [0.25, 0.3) is 0 Å². The Morgan fingerprint density at radius 1 is 1.35 bits per heavy atom. The van der Waals surface area contributed by atoms with Gasteiger partial charge in [0.15, 0.2) is 0 Å². The number of amides is 1. The third kappa shape index (κ3) is 3.26. The first-order chi connectivity index (χ1) is 9.61. The van der Waals surface area contributed by atoms with Gasteiger partial charge in [0.05, 0.1) is 13.7 Å². The molecule has 20 heavy (non-hydrogen) atoms. The van der Waals surface area contributed by atoms with Gasteiger partial charge >= 0.3 is 12.1 Å². The second-order valence-corrected chi connectivity index (χ2v) is 4.56. The number of rotatable bonds is 3. The van der Waals surface area contributed by atoms with Crippen LogP contribution in [0.1, 0.15) is 12.0 Å². The first-order valence-corrected chi connectivity index (χ1v) is 6.31. The van der Waals surface area contributed by atoms with Crippen molar-refractivity contribution >= 4 is 12.1 Å². The SMILES string of the molecule is COC(=O)[C@@H]1C[C@H](F)CN1C(=O)OCc1ccccc1. The molecule has 2 rings (SSSR count). The van der Waals surface area contributed by atoms with Crippen LogP contribution >= 0.6 is 0 Å². The summed E-state index contributed by atoms with van der Waals surface area (Å²) in [7, 11) is 1.21. The van der Waals surface area contributed by atoms with Crippen molar-refractivity contribution in [1.82, 2.24) is 4.90 Å². The molecule has 108 valence electrons. The Balaban J connectivity index is 1.95. The highest BCUT2D eigenvalue weighted by atomic mass is 19.1. The molecule has 0 N–H and O–H groups in total. The normalized spacial score (nSPS) is 21.6. The summed E-state index contributed by atoms with van der Waals surface area (Å²) in [4.78, 5) is 24.5. The van der Waals surface area contributed by atoms with Crippen LogP contribution in [-0.2, 0) is 20.9 Å². The van der Waals surface area contributed by atoms with Crippen molar-refractivity contribution in [2.75, 3.05) is 13.7 Å². The Hall–Kier alpha value is -2.11. The molecule has 0 aromatic heterocycles. The lowest BCUT2D eigenvalue weighted by molar-refractivity contribution is -0.145. The minimum Gasteiger partial charge on any atom is -0.467 e. The van der Waals surface area contributed by atoms with E-state index >= 15 is 0 Å². The summed E-state index contributed by atoms with van der Waals surface area (Å²) in [6.45, 7) is -0.0611. The second kappa shape index (κ2) is 6.36. The van der Waals surface area contributed by atoms with E-state index in [1.165, 1.54) is 7.11 Å². The minimum atomic E-state index is -1.23. The van der Waals surface area contributed by atoms with E-state index in [2.05, 4.69) is 4.74 Å². The fourth-order valence-electron chi connectivity index (χ4n) is 2.15. The molecule has 1 aliphatic heterocycles. The highest BCUT2D eigenvalue weighted by Crippen LogP contribution is 2.22. The van der Waals surface area contributed by atoms with Gasteiger partial charge in [-0.2, -0.15) is 0 Å². The van der Waals surface area contributed by atoms with E-state index in [-0.39, 0.29) is 19.6 Å². The van der Waals surface area contributed by atoms with E-state index in [0.717, 1.165) is 10.5 Å². The Morgan fingerprint density at radius 3 is 2.70 bits per heavy atom. The molecule has 0 aliphatic carbocycles. The van der Waals surface area contributed by atoms with Crippen molar-refractivity contribution < 1.29 is 23.5 Å². The van der Waals surface area contributed by atoms with E-state index in [9.17, 15) is 14.0 Å². The lowest BCUT2D eigenvalue weighted by Crippen LogP contribution is -2.41. The topological polar surface area (TPSA) is 55.8 Å². The number of esters is 1. The van der Waals surface area contributed by atoms with Crippen LogP contribution in [0.2, 0.25) is 0 Å². The molecule has 1 aliphatic rings. The maximum absolute atomic E-state index is 13.4. The van der Waals surface area contributed by atoms with Gasteiger partial charge in [-0.05, 0) is 5.56 Å². The van der Waals surface area contributed by atoms with Crippen LogP contribution in [0.4, 0.5) is 9.18 Å². The smallest absolute Gasteiger partial charge is 0.410 e. The van der Waals surface area contributed by atoms with Crippen molar-refractivity contribution in [2.45, 2.75) is 25.2 Å². The van der Waals surface area contributed by atoms with Gasteiger partial charge in [-0.3, -0.25) is 4.90 Å². The summed E-state index contributed by atoms with van der Waals surface area (Å²) >= 11 is 0. The predicted octanol–water partition coefficient (Wildman–Crippen LogP) is 1.91. The number of ether oxygens (including phenoxy) is 2. The molecule has 0 unspecified atom stereocenters. The van der Waals surface area contributed by atoms with Crippen LogP contribution in [0, 0.1) is 0 Å². The zero-order valence-corrected chi connectivity index (χ0v) is 11.1. The largest absolute Gasteiger partial charge is 0.467 e. The number of hydrogen-bond acceptors (Lipinski definition) is 4. The number of halogens is 1. The molecule has 1 amide bonds. The van der Waals surface area contributed by atoms with Gasteiger partial charge in [0.2, 0.25) is 0 Å². The number of carbonyl (C=O) groups is 2. The Labute approximate surface area is 116 Å². The third-order valence-electron chi connectivity index (χ3n) is 3.16. The molecular formula is C14H16FNO4. The van der Waals surface area contributed by atoms with E-state index in [4.69, 9.17) is 4.74 Å². The molecule has 1 aromatic carbocycles. The lowest BCUT2D eigenvalue weighted by Gasteiger charge is -2.21. The highest BCUT2D eigenvalue weighted by Gasteiger charge is 2.41. The summed E-state index contributed by atoms with van der Waals surface area (Å²) in [6.07, 6.45) is -1.99. The Morgan fingerprint density at radius 2 is 2.05 bits per heavy atom. The number of nitrogens with zero attached hydrogens (tertiary/aromatic N) is 1. The molecular weight excluding hydrogens is 265 g/mol. The summed E-state index contributed by atoms with van der Waals surface area (Å²) < 4.78 is 23.1. The summed E-state index contributed by atoms with van der Waals surface area (Å²) in [6, 6.07) is 8.23. The molecule has 0 saturated carbocycles. The zero-order chi connectivity index (χ0) is 14.5. The van der Waals surface area contributed by atoms with E-state index in [1.807, 2.05) is 30.3 Å². The standard InChI is InChI=1S/C14H16FNO4/c1-19-13(17)12-7-11(15)8-16(12)14(18)20-9-10-5-3-2-4-6-10/h2-6,11-12H,7-9H2,1H3/t11-,12-/m0/s1. The number of hydrogen-bond donors (Lipinski definition) is 0. The predicted molar refractivity (Wildman–Crippen MR) is 68.7 cm³/mol. The Kier molecular flexibility index (Phi) is 4.55. The first-order valence-electron chi connectivity index (χ1n) is 6.31. The maximum atomic E-state index is 13.4. The van der Waals surface area contributed by atoms with Gasteiger partial charge in [-0.25, -0.2) is 14.0 Å². The van der Waals surface area contributed by atoms with Crippen molar-refractivity contribution in [2.24, 2.45) is 0 Å². The number of likely N-dealkylation sites (tertiary alicyclic amines) is 1. The third-order valence-corrected chi connectivity index (χ3v) is 3.16. The van der Waals surface area contributed by atoms with Gasteiger partial charge in [-0.1, -0.05) is 30.3 Å². The maximum Gasteiger partial charge on any atom is 0.410 e. The van der Waals surface area contributed by atoms with Crippen LogP contribution in [0.15, 0.2) is 30.3 Å². The van der Waals surface area contributed by atoms with Crippen molar-refractivity contribution in [1.29, 1.82) is 0 Å². The van der Waals surface area contributed by atoms with E-state index < -0.39 is 24.3 Å². The van der Waals surface area contributed by atoms with Gasteiger partial charge in [0.25, 0.3) is 0 Å². The molecule has 1 heterocycles. The summed E-state index contributed by atoms with van der Waals surface area (Å²) in [5.74, 6) is -0.623. The Bertz CT molecular complexity index is 479. The van der Waals surface area contributed by atoms with Crippen LogP contribution in [-0.4, -0.2) is 42.8 Å². The molecule has 1 aromatic rings. The average Bonchev–Trinajstić information content (AvgIpc) is 2.87. The first kappa shape index (κ1) is 14.3. The fraction of sp³-hybridized carbons (Fsp3) is 0.429. The number of alkyl halides is 1. The fourth-order valence-corrected chi connectivity index (χ4v) is 2.15. The van der Waals surface area contributed by atoms with Crippen molar-refractivity contribution in [3.63, 3.8) is 0 Å². The average molecular weight is 281 g/mol. The van der Waals surface area contributed by atoms with Crippen molar-refractivity contribution in [3.8, 4) is 0 Å².